The van der Waals surface area contributed by atoms with Gasteiger partial charge >= 0.3 is 0 Å². The van der Waals surface area contributed by atoms with E-state index in [-0.39, 0.29) is 5.54 Å². The summed E-state index contributed by atoms with van der Waals surface area (Å²) in [6.07, 6.45) is 1.15. The monoisotopic (exact) mass is 226 g/mol. The fourth-order valence-electron chi connectivity index (χ4n) is 1.80. The molecule has 0 spiro atoms. The van der Waals surface area contributed by atoms with E-state index in [2.05, 4.69) is 44.6 Å². The smallest absolute Gasteiger partial charge is 0.0622 e. The van der Waals surface area contributed by atoms with E-state index in [0.717, 1.165) is 32.7 Å². The standard InChI is InChI=1S/C13H26N2O/c1-11(8-14-13(2,3)4)9-15(5)12-6-7-16-10-12/h12,14H,1,6-10H2,2-5H3. The molecule has 1 atom stereocenters. The molecule has 3 heteroatoms. The SMILES string of the molecule is C=C(CNC(C)(C)C)CN(C)C1CCOC1. The second-order valence-electron chi connectivity index (χ2n) is 5.79. The lowest BCUT2D eigenvalue weighted by molar-refractivity contribution is 0.163. The largest absolute Gasteiger partial charge is 0.380 e. The summed E-state index contributed by atoms with van der Waals surface area (Å²) >= 11 is 0. The summed E-state index contributed by atoms with van der Waals surface area (Å²) in [5.41, 5.74) is 1.40. The molecule has 1 fully saturated rings. The summed E-state index contributed by atoms with van der Waals surface area (Å²) < 4.78 is 5.39. The van der Waals surface area contributed by atoms with Crippen molar-refractivity contribution in [3.63, 3.8) is 0 Å². The molecule has 0 bridgehead atoms. The predicted molar refractivity (Wildman–Crippen MR) is 68.7 cm³/mol. The van der Waals surface area contributed by atoms with Gasteiger partial charge in [-0.3, -0.25) is 4.90 Å². The van der Waals surface area contributed by atoms with Crippen LogP contribution in [0.5, 0.6) is 0 Å². The summed E-state index contributed by atoms with van der Waals surface area (Å²) in [7, 11) is 2.15. The molecule has 1 aliphatic heterocycles. The van der Waals surface area contributed by atoms with Crippen molar-refractivity contribution in [3.05, 3.63) is 12.2 Å². The van der Waals surface area contributed by atoms with E-state index in [1.54, 1.807) is 0 Å². The third-order valence-corrected chi connectivity index (χ3v) is 2.87. The predicted octanol–water partition coefficient (Wildman–Crippen LogP) is 1.65. The first-order chi connectivity index (χ1) is 7.38. The molecule has 0 radical (unpaired) electrons. The number of likely N-dealkylation sites (N-methyl/N-ethyl adjacent to an activating group) is 1. The lowest BCUT2D eigenvalue weighted by atomic mass is 10.1. The highest BCUT2D eigenvalue weighted by molar-refractivity contribution is 5.01. The Balaban J connectivity index is 2.22. The van der Waals surface area contributed by atoms with Crippen LogP contribution >= 0.6 is 0 Å². The lowest BCUT2D eigenvalue weighted by Crippen LogP contribution is -2.40. The summed E-state index contributed by atoms with van der Waals surface area (Å²) in [6.45, 7) is 14.3. The Labute approximate surface area is 99.8 Å². The molecule has 0 aromatic rings. The summed E-state index contributed by atoms with van der Waals surface area (Å²) in [6, 6.07) is 0.575. The molecule has 3 nitrogen and oxygen atoms in total. The minimum absolute atomic E-state index is 0.165. The Bertz CT molecular complexity index is 227. The van der Waals surface area contributed by atoms with Gasteiger partial charge < -0.3 is 10.1 Å². The van der Waals surface area contributed by atoms with E-state index in [9.17, 15) is 0 Å². The second-order valence-corrected chi connectivity index (χ2v) is 5.79. The Kier molecular flexibility index (Phi) is 4.96. The summed E-state index contributed by atoms with van der Waals surface area (Å²) in [5, 5.41) is 3.46. The van der Waals surface area contributed by atoms with Gasteiger partial charge in [-0.15, -0.1) is 0 Å². The number of hydrogen-bond acceptors (Lipinski definition) is 3. The van der Waals surface area contributed by atoms with Gasteiger partial charge in [0.2, 0.25) is 0 Å². The zero-order valence-electron chi connectivity index (χ0n) is 11.2. The van der Waals surface area contributed by atoms with Crippen LogP contribution < -0.4 is 5.32 Å². The van der Waals surface area contributed by atoms with Gasteiger partial charge in [-0.25, -0.2) is 0 Å². The van der Waals surface area contributed by atoms with Gasteiger partial charge in [-0.1, -0.05) is 6.58 Å². The Morgan fingerprint density at radius 2 is 2.19 bits per heavy atom. The number of rotatable bonds is 5. The fraction of sp³-hybridized carbons (Fsp3) is 0.846. The molecule has 0 saturated carbocycles. The number of ether oxygens (including phenoxy) is 1. The first-order valence-electron chi connectivity index (χ1n) is 6.08. The highest BCUT2D eigenvalue weighted by Gasteiger charge is 2.20. The number of nitrogens with zero attached hydrogens (tertiary/aromatic N) is 1. The quantitative estimate of drug-likeness (QED) is 0.721. The number of hydrogen-bond donors (Lipinski definition) is 1. The van der Waals surface area contributed by atoms with E-state index in [1.165, 1.54) is 5.57 Å². The molecule has 16 heavy (non-hydrogen) atoms. The highest BCUT2D eigenvalue weighted by Crippen LogP contribution is 2.11. The van der Waals surface area contributed by atoms with Crippen LogP contribution in [0.1, 0.15) is 27.2 Å². The Hall–Kier alpha value is -0.380. The van der Waals surface area contributed by atoms with Crippen LogP contribution in [-0.2, 0) is 4.74 Å². The van der Waals surface area contributed by atoms with E-state index in [4.69, 9.17) is 4.74 Å². The molecule has 0 aromatic heterocycles. The molecule has 0 aliphatic carbocycles. The van der Waals surface area contributed by atoms with E-state index >= 15 is 0 Å². The van der Waals surface area contributed by atoms with Crippen molar-refractivity contribution in [1.82, 2.24) is 10.2 Å². The van der Waals surface area contributed by atoms with Gasteiger partial charge in [0.15, 0.2) is 0 Å². The van der Waals surface area contributed by atoms with Crippen molar-refractivity contribution >= 4 is 0 Å². The molecule has 94 valence electrons. The second kappa shape index (κ2) is 5.80. The Morgan fingerprint density at radius 1 is 1.50 bits per heavy atom. The van der Waals surface area contributed by atoms with Crippen molar-refractivity contribution in [2.45, 2.75) is 38.8 Å². The number of nitrogens with one attached hydrogen (secondary N) is 1. The van der Waals surface area contributed by atoms with Gasteiger partial charge in [0.05, 0.1) is 6.61 Å². The molecule has 0 aromatic carbocycles. The van der Waals surface area contributed by atoms with Crippen LogP contribution in [0.4, 0.5) is 0 Å². The maximum Gasteiger partial charge on any atom is 0.0622 e. The van der Waals surface area contributed by atoms with Gasteiger partial charge in [0, 0.05) is 31.3 Å². The van der Waals surface area contributed by atoms with Crippen molar-refractivity contribution in [3.8, 4) is 0 Å². The highest BCUT2D eigenvalue weighted by atomic mass is 16.5. The molecular formula is C13H26N2O. The summed E-state index contributed by atoms with van der Waals surface area (Å²) in [4.78, 5) is 2.35. The molecule has 1 heterocycles. The average molecular weight is 226 g/mol. The molecule has 0 amide bonds. The zero-order valence-corrected chi connectivity index (χ0v) is 11.2. The van der Waals surface area contributed by atoms with Crippen LogP contribution in [0, 0.1) is 0 Å². The van der Waals surface area contributed by atoms with Gasteiger partial charge in [0.1, 0.15) is 0 Å². The third-order valence-electron chi connectivity index (χ3n) is 2.87. The molecule has 1 saturated heterocycles. The Morgan fingerprint density at radius 3 is 2.69 bits per heavy atom. The third kappa shape index (κ3) is 5.10. The summed E-state index contributed by atoms with van der Waals surface area (Å²) in [5.74, 6) is 0. The van der Waals surface area contributed by atoms with Gasteiger partial charge in [0.25, 0.3) is 0 Å². The van der Waals surface area contributed by atoms with E-state index in [1.807, 2.05) is 0 Å². The van der Waals surface area contributed by atoms with Gasteiger partial charge in [-0.05, 0) is 39.8 Å². The first kappa shape index (κ1) is 13.7. The average Bonchev–Trinajstić information content (AvgIpc) is 2.66. The molecule has 1 aliphatic rings. The minimum atomic E-state index is 0.165. The first-order valence-corrected chi connectivity index (χ1v) is 6.08. The van der Waals surface area contributed by atoms with Gasteiger partial charge in [-0.2, -0.15) is 0 Å². The topological polar surface area (TPSA) is 24.5 Å². The van der Waals surface area contributed by atoms with Crippen molar-refractivity contribution in [2.75, 3.05) is 33.4 Å². The van der Waals surface area contributed by atoms with Crippen LogP contribution in [-0.4, -0.2) is 49.8 Å². The normalized spacial score (nSPS) is 21.7. The van der Waals surface area contributed by atoms with E-state index in [0.29, 0.717) is 6.04 Å². The van der Waals surface area contributed by atoms with Crippen LogP contribution in [0.3, 0.4) is 0 Å². The fourth-order valence-corrected chi connectivity index (χ4v) is 1.80. The maximum absolute atomic E-state index is 5.39. The van der Waals surface area contributed by atoms with Crippen LogP contribution in [0.2, 0.25) is 0 Å². The molecular weight excluding hydrogens is 200 g/mol. The van der Waals surface area contributed by atoms with Crippen molar-refractivity contribution < 1.29 is 4.74 Å². The molecule has 1 rings (SSSR count). The van der Waals surface area contributed by atoms with Crippen LogP contribution in [0.25, 0.3) is 0 Å². The molecule has 1 unspecified atom stereocenters. The van der Waals surface area contributed by atoms with E-state index < -0.39 is 0 Å². The maximum atomic E-state index is 5.39. The van der Waals surface area contributed by atoms with Crippen molar-refractivity contribution in [1.29, 1.82) is 0 Å². The lowest BCUT2D eigenvalue weighted by Gasteiger charge is -2.26. The molecule has 1 N–H and O–H groups in total. The van der Waals surface area contributed by atoms with Crippen LogP contribution in [0.15, 0.2) is 12.2 Å². The minimum Gasteiger partial charge on any atom is -0.380 e. The van der Waals surface area contributed by atoms with Crippen molar-refractivity contribution in [2.24, 2.45) is 0 Å². The zero-order chi connectivity index (χ0) is 12.2.